The summed E-state index contributed by atoms with van der Waals surface area (Å²) in [5.41, 5.74) is 0. The normalized spacial score (nSPS) is 11.8. The van der Waals surface area contributed by atoms with Gasteiger partial charge in [-0.25, -0.2) is 0 Å². The Bertz CT molecular complexity index is 447. The van der Waals surface area contributed by atoms with E-state index in [0.717, 1.165) is 19.3 Å². The van der Waals surface area contributed by atoms with Crippen molar-refractivity contribution >= 4 is 5.97 Å². The van der Waals surface area contributed by atoms with E-state index in [2.05, 4.69) is 19.2 Å². The lowest BCUT2D eigenvalue weighted by molar-refractivity contribution is -0.137. The van der Waals surface area contributed by atoms with Crippen LogP contribution in [0.1, 0.15) is 187 Å². The second kappa shape index (κ2) is 37.4. The van der Waals surface area contributed by atoms with E-state index >= 15 is 0 Å². The maximum Gasteiger partial charge on any atom is 0.303 e. The summed E-state index contributed by atoms with van der Waals surface area (Å²) >= 11 is 0. The molecule has 4 N–H and O–H groups in total. The van der Waals surface area contributed by atoms with Crippen LogP contribution in [0.5, 0.6) is 0 Å². The summed E-state index contributed by atoms with van der Waals surface area (Å²) < 4.78 is 0. The van der Waals surface area contributed by atoms with E-state index in [1.54, 1.807) is 0 Å². The molecule has 1 atom stereocenters. The number of aliphatic carboxylic acids is 1. The molecule has 0 aromatic rings. The molecule has 0 spiro atoms. The molecule has 5 nitrogen and oxygen atoms in total. The molecular formula is C34H71NO4. The van der Waals surface area contributed by atoms with E-state index in [1.807, 2.05) is 0 Å². The highest BCUT2D eigenvalue weighted by Crippen LogP contribution is 2.14. The Balaban J connectivity index is 0. The minimum atomic E-state index is -0.655. The van der Waals surface area contributed by atoms with Crippen molar-refractivity contribution in [3.05, 3.63) is 0 Å². The summed E-state index contributed by atoms with van der Waals surface area (Å²) in [5, 5.41) is 29.6. The second-order valence-electron chi connectivity index (χ2n) is 11.6. The molecule has 0 aliphatic carbocycles. The van der Waals surface area contributed by atoms with Crippen molar-refractivity contribution in [1.82, 2.24) is 5.32 Å². The van der Waals surface area contributed by atoms with Crippen molar-refractivity contribution < 1.29 is 20.1 Å². The summed E-state index contributed by atoms with van der Waals surface area (Å²) in [7, 11) is 0. The van der Waals surface area contributed by atoms with Gasteiger partial charge in [0, 0.05) is 19.0 Å². The van der Waals surface area contributed by atoms with Gasteiger partial charge in [-0.3, -0.25) is 4.79 Å². The quantitative estimate of drug-likeness (QED) is 0.0637. The van der Waals surface area contributed by atoms with E-state index in [4.69, 9.17) is 10.2 Å². The van der Waals surface area contributed by atoms with Crippen LogP contribution in [0.3, 0.4) is 0 Å². The Hall–Kier alpha value is -0.650. The van der Waals surface area contributed by atoms with Crippen LogP contribution < -0.4 is 5.32 Å². The van der Waals surface area contributed by atoms with Crippen LogP contribution in [0, 0.1) is 0 Å². The largest absolute Gasteiger partial charge is 0.481 e. The minimum Gasteiger partial charge on any atom is -0.481 e. The average Bonchev–Trinajstić information content (AvgIpc) is 2.93. The van der Waals surface area contributed by atoms with Gasteiger partial charge in [0.15, 0.2) is 0 Å². The SMILES string of the molecule is CCCCCCCCCCCCCCC(CO)NCCO.CCCCCCCCCCCCCCCC(=O)O. The van der Waals surface area contributed by atoms with E-state index in [1.165, 1.54) is 148 Å². The Labute approximate surface area is 244 Å². The maximum atomic E-state index is 10.3. The Morgan fingerprint density at radius 2 is 0.872 bits per heavy atom. The van der Waals surface area contributed by atoms with Gasteiger partial charge in [-0.2, -0.15) is 0 Å². The highest BCUT2D eigenvalue weighted by molar-refractivity contribution is 5.66. The zero-order chi connectivity index (χ0) is 29.1. The maximum absolute atomic E-state index is 10.3. The van der Waals surface area contributed by atoms with Crippen molar-refractivity contribution in [2.45, 2.75) is 193 Å². The van der Waals surface area contributed by atoms with Crippen LogP contribution in [-0.2, 0) is 4.79 Å². The molecule has 1 unspecified atom stereocenters. The summed E-state index contributed by atoms with van der Waals surface area (Å²) in [6.45, 7) is 5.44. The highest BCUT2D eigenvalue weighted by Gasteiger charge is 2.05. The molecule has 39 heavy (non-hydrogen) atoms. The molecule has 0 aromatic heterocycles. The van der Waals surface area contributed by atoms with Gasteiger partial charge < -0.3 is 20.6 Å². The van der Waals surface area contributed by atoms with Crippen molar-refractivity contribution in [3.8, 4) is 0 Å². The first kappa shape index (κ1) is 40.5. The summed E-state index contributed by atoms with van der Waals surface area (Å²) in [6.07, 6.45) is 34.7. The molecule has 0 saturated carbocycles. The van der Waals surface area contributed by atoms with Crippen LogP contribution in [-0.4, -0.2) is 47.1 Å². The molecule has 0 aliphatic heterocycles. The molecule has 0 radical (unpaired) electrons. The number of carbonyl (C=O) groups is 1. The lowest BCUT2D eigenvalue weighted by Gasteiger charge is -2.15. The number of rotatable bonds is 31. The number of carboxylic acid groups (broad SMARTS) is 1. The molecule has 236 valence electrons. The average molecular weight is 558 g/mol. The number of nitrogens with one attached hydrogen (secondary N) is 1. The van der Waals surface area contributed by atoms with E-state index in [-0.39, 0.29) is 19.3 Å². The van der Waals surface area contributed by atoms with Crippen molar-refractivity contribution in [2.24, 2.45) is 0 Å². The van der Waals surface area contributed by atoms with Gasteiger partial charge in [-0.1, -0.05) is 168 Å². The predicted molar refractivity (Wildman–Crippen MR) is 170 cm³/mol. The van der Waals surface area contributed by atoms with Crippen LogP contribution in [0.25, 0.3) is 0 Å². The summed E-state index contributed by atoms with van der Waals surface area (Å²) in [6, 6.07) is 0.167. The molecule has 0 amide bonds. The monoisotopic (exact) mass is 558 g/mol. The third-order valence-corrected chi connectivity index (χ3v) is 7.67. The van der Waals surface area contributed by atoms with Gasteiger partial charge >= 0.3 is 5.97 Å². The molecule has 0 heterocycles. The van der Waals surface area contributed by atoms with Gasteiger partial charge in [-0.05, 0) is 12.8 Å². The fraction of sp³-hybridized carbons (Fsp3) is 0.971. The number of unbranched alkanes of at least 4 members (excludes halogenated alkanes) is 23. The third-order valence-electron chi connectivity index (χ3n) is 7.67. The molecule has 0 bridgehead atoms. The lowest BCUT2D eigenvalue weighted by atomic mass is 10.0. The number of aliphatic hydroxyl groups excluding tert-OH is 2. The first-order chi connectivity index (χ1) is 19.1. The van der Waals surface area contributed by atoms with Crippen molar-refractivity contribution in [3.63, 3.8) is 0 Å². The zero-order valence-corrected chi connectivity index (χ0v) is 26.5. The minimum absolute atomic E-state index is 0.148. The standard InChI is InChI=1S/C18H39NO2.C16H32O2/c1-2-3-4-5-6-7-8-9-10-11-12-13-14-18(17-21)19-15-16-20;1-2-3-4-5-6-7-8-9-10-11-12-13-14-15-16(17)18/h18-21H,2-17H2,1H3;2-15H2,1H3,(H,17,18). The molecule has 0 fully saturated rings. The van der Waals surface area contributed by atoms with Gasteiger partial charge in [0.25, 0.3) is 0 Å². The highest BCUT2D eigenvalue weighted by atomic mass is 16.4. The van der Waals surface area contributed by atoms with Crippen LogP contribution >= 0.6 is 0 Å². The Kier molecular flexibility index (Phi) is 38.8. The predicted octanol–water partition coefficient (Wildman–Crippen LogP) is 9.57. The first-order valence-electron chi connectivity index (χ1n) is 17.3. The number of hydrogen-bond acceptors (Lipinski definition) is 4. The second-order valence-corrected chi connectivity index (χ2v) is 11.6. The molecule has 0 aliphatic rings. The number of hydrogen-bond donors (Lipinski definition) is 4. The Morgan fingerprint density at radius 1 is 0.538 bits per heavy atom. The van der Waals surface area contributed by atoms with Gasteiger partial charge in [0.1, 0.15) is 0 Å². The van der Waals surface area contributed by atoms with Crippen LogP contribution in [0.2, 0.25) is 0 Å². The van der Waals surface area contributed by atoms with Gasteiger partial charge in [-0.15, -0.1) is 0 Å². The van der Waals surface area contributed by atoms with Crippen LogP contribution in [0.15, 0.2) is 0 Å². The van der Waals surface area contributed by atoms with Crippen molar-refractivity contribution in [1.29, 1.82) is 0 Å². The number of aliphatic hydroxyl groups is 2. The first-order valence-corrected chi connectivity index (χ1v) is 17.3. The fourth-order valence-corrected chi connectivity index (χ4v) is 5.05. The van der Waals surface area contributed by atoms with Crippen LogP contribution in [0.4, 0.5) is 0 Å². The topological polar surface area (TPSA) is 89.8 Å². The zero-order valence-electron chi connectivity index (χ0n) is 26.5. The molecular weight excluding hydrogens is 486 g/mol. The van der Waals surface area contributed by atoms with E-state index < -0.39 is 5.97 Å². The Morgan fingerprint density at radius 3 is 1.18 bits per heavy atom. The lowest BCUT2D eigenvalue weighted by Crippen LogP contribution is -2.34. The molecule has 0 rings (SSSR count). The van der Waals surface area contributed by atoms with Gasteiger partial charge in [0.05, 0.1) is 13.2 Å². The molecule has 0 saturated heterocycles. The van der Waals surface area contributed by atoms with E-state index in [9.17, 15) is 9.90 Å². The third kappa shape index (κ3) is 39.6. The summed E-state index contributed by atoms with van der Waals surface area (Å²) in [5.74, 6) is -0.655. The summed E-state index contributed by atoms with van der Waals surface area (Å²) in [4.78, 5) is 10.3. The smallest absolute Gasteiger partial charge is 0.303 e. The number of carboxylic acids is 1. The fourth-order valence-electron chi connectivity index (χ4n) is 5.05. The van der Waals surface area contributed by atoms with E-state index in [0.29, 0.717) is 13.0 Å². The van der Waals surface area contributed by atoms with Gasteiger partial charge in [0.2, 0.25) is 0 Å². The molecule has 5 heteroatoms. The van der Waals surface area contributed by atoms with Crippen molar-refractivity contribution in [2.75, 3.05) is 19.8 Å². The molecule has 0 aromatic carbocycles.